The van der Waals surface area contributed by atoms with E-state index in [-0.39, 0.29) is 23.6 Å². The maximum Gasteiger partial charge on any atom is 0.271 e. The lowest BCUT2D eigenvalue weighted by Gasteiger charge is -2.15. The molecule has 0 bridgehead atoms. The van der Waals surface area contributed by atoms with Gasteiger partial charge in [-0.15, -0.1) is 0 Å². The summed E-state index contributed by atoms with van der Waals surface area (Å²) in [4.78, 5) is 33.2. The molecule has 1 atom stereocenters. The molecule has 2 aliphatic rings. The van der Waals surface area contributed by atoms with E-state index in [1.807, 2.05) is 4.90 Å². The van der Waals surface area contributed by atoms with Gasteiger partial charge < -0.3 is 10.2 Å². The molecule has 1 aliphatic heterocycles. The molecule has 1 aromatic rings. The Bertz CT molecular complexity index is 472. The van der Waals surface area contributed by atoms with Crippen molar-refractivity contribution in [2.24, 2.45) is 0 Å². The van der Waals surface area contributed by atoms with E-state index < -0.39 is 0 Å². The fourth-order valence-corrected chi connectivity index (χ4v) is 2.24. The summed E-state index contributed by atoms with van der Waals surface area (Å²) in [6, 6.07) is 0.309. The molecule has 0 radical (unpaired) electrons. The van der Waals surface area contributed by atoms with Crippen molar-refractivity contribution in [1.82, 2.24) is 20.2 Å². The van der Waals surface area contributed by atoms with Crippen molar-refractivity contribution in [3.63, 3.8) is 0 Å². The van der Waals surface area contributed by atoms with Crippen LogP contribution in [0.5, 0.6) is 0 Å². The Kier molecular flexibility index (Phi) is 2.70. The van der Waals surface area contributed by atoms with Crippen LogP contribution < -0.4 is 5.32 Å². The van der Waals surface area contributed by atoms with E-state index in [1.165, 1.54) is 18.6 Å². The largest absolute Gasteiger partial charge is 0.346 e. The zero-order chi connectivity index (χ0) is 12.5. The first-order valence-corrected chi connectivity index (χ1v) is 6.10. The Morgan fingerprint density at radius 3 is 2.89 bits per heavy atom. The highest BCUT2D eigenvalue weighted by Crippen LogP contribution is 2.30. The molecule has 1 N–H and O–H groups in total. The Morgan fingerprint density at radius 2 is 2.22 bits per heavy atom. The monoisotopic (exact) mass is 246 g/mol. The number of nitrogens with zero attached hydrogens (tertiary/aromatic N) is 3. The van der Waals surface area contributed by atoms with Crippen LogP contribution in [0.1, 0.15) is 29.8 Å². The number of likely N-dealkylation sites (tertiary alicyclic amines) is 1. The number of aromatic nitrogens is 2. The van der Waals surface area contributed by atoms with E-state index in [9.17, 15) is 9.59 Å². The molecule has 0 spiro atoms. The van der Waals surface area contributed by atoms with Crippen molar-refractivity contribution in [2.45, 2.75) is 31.3 Å². The summed E-state index contributed by atoms with van der Waals surface area (Å²) in [6.45, 7) is 0.621. The predicted octanol–water partition coefficient (Wildman–Crippen LogP) is -0.0303. The van der Waals surface area contributed by atoms with E-state index in [1.54, 1.807) is 0 Å². The third-order valence-electron chi connectivity index (χ3n) is 3.28. The SMILES string of the molecule is O=C(N[C@H]1CC(=O)N(C2CC2)C1)c1cnccn1. The van der Waals surface area contributed by atoms with Crippen LogP contribution in [0.2, 0.25) is 0 Å². The van der Waals surface area contributed by atoms with E-state index in [0.717, 1.165) is 12.8 Å². The van der Waals surface area contributed by atoms with Crippen LogP contribution in [0.4, 0.5) is 0 Å². The molecule has 2 amide bonds. The second-order valence-electron chi connectivity index (χ2n) is 4.74. The zero-order valence-electron chi connectivity index (χ0n) is 9.87. The molecular weight excluding hydrogens is 232 g/mol. The number of nitrogens with one attached hydrogen (secondary N) is 1. The van der Waals surface area contributed by atoms with E-state index in [4.69, 9.17) is 0 Å². The molecule has 0 aromatic carbocycles. The average molecular weight is 246 g/mol. The first-order chi connectivity index (χ1) is 8.74. The Balaban J connectivity index is 1.61. The minimum absolute atomic E-state index is 0.104. The van der Waals surface area contributed by atoms with Crippen LogP contribution >= 0.6 is 0 Å². The normalized spacial score (nSPS) is 23.2. The minimum Gasteiger partial charge on any atom is -0.346 e. The van der Waals surface area contributed by atoms with Crippen molar-refractivity contribution < 1.29 is 9.59 Å². The molecule has 1 saturated carbocycles. The van der Waals surface area contributed by atoms with Crippen LogP contribution in [0.25, 0.3) is 0 Å². The maximum absolute atomic E-state index is 11.9. The van der Waals surface area contributed by atoms with Gasteiger partial charge in [0, 0.05) is 31.4 Å². The Labute approximate surface area is 104 Å². The molecule has 1 saturated heterocycles. The average Bonchev–Trinajstić information content (AvgIpc) is 3.15. The van der Waals surface area contributed by atoms with Crippen LogP contribution in [0, 0.1) is 0 Å². The van der Waals surface area contributed by atoms with Crippen LogP contribution in [-0.4, -0.2) is 45.3 Å². The molecule has 2 fully saturated rings. The topological polar surface area (TPSA) is 75.2 Å². The second-order valence-corrected chi connectivity index (χ2v) is 4.74. The molecule has 94 valence electrons. The molecule has 1 aromatic heterocycles. The van der Waals surface area contributed by atoms with Gasteiger partial charge in [-0.05, 0) is 12.8 Å². The van der Waals surface area contributed by atoms with Gasteiger partial charge in [-0.2, -0.15) is 0 Å². The van der Waals surface area contributed by atoms with Crippen LogP contribution in [-0.2, 0) is 4.79 Å². The number of hydrogen-bond acceptors (Lipinski definition) is 4. The molecule has 6 heteroatoms. The third kappa shape index (κ3) is 2.18. The van der Waals surface area contributed by atoms with Crippen molar-refractivity contribution in [3.05, 3.63) is 24.3 Å². The van der Waals surface area contributed by atoms with Crippen LogP contribution in [0.3, 0.4) is 0 Å². The Morgan fingerprint density at radius 1 is 1.39 bits per heavy atom. The van der Waals surface area contributed by atoms with Gasteiger partial charge in [0.1, 0.15) is 5.69 Å². The molecule has 0 unspecified atom stereocenters. The summed E-state index contributed by atoms with van der Waals surface area (Å²) < 4.78 is 0. The van der Waals surface area contributed by atoms with Gasteiger partial charge in [0.15, 0.2) is 0 Å². The highest BCUT2D eigenvalue weighted by molar-refractivity contribution is 5.93. The molecular formula is C12H14N4O2. The van der Waals surface area contributed by atoms with Gasteiger partial charge in [0.05, 0.1) is 12.2 Å². The van der Waals surface area contributed by atoms with Crippen LogP contribution in [0.15, 0.2) is 18.6 Å². The molecule has 3 rings (SSSR count). The standard InChI is InChI=1S/C12H14N4O2/c17-11-5-8(7-16(11)9-1-2-9)15-12(18)10-6-13-3-4-14-10/h3-4,6,8-9H,1-2,5,7H2,(H,15,18)/t8-/m0/s1. The summed E-state index contributed by atoms with van der Waals surface area (Å²) in [6.07, 6.45) is 7.00. The number of carbonyl (C=O) groups excluding carboxylic acids is 2. The highest BCUT2D eigenvalue weighted by atomic mass is 16.2. The summed E-state index contributed by atoms with van der Waals surface area (Å²) in [5.74, 6) is -0.125. The van der Waals surface area contributed by atoms with E-state index >= 15 is 0 Å². The Hall–Kier alpha value is -1.98. The van der Waals surface area contributed by atoms with E-state index in [0.29, 0.717) is 19.0 Å². The molecule has 18 heavy (non-hydrogen) atoms. The maximum atomic E-state index is 11.9. The smallest absolute Gasteiger partial charge is 0.271 e. The number of hydrogen-bond donors (Lipinski definition) is 1. The van der Waals surface area contributed by atoms with Gasteiger partial charge in [0.2, 0.25) is 5.91 Å². The molecule has 1 aliphatic carbocycles. The van der Waals surface area contributed by atoms with Gasteiger partial charge in [-0.3, -0.25) is 14.6 Å². The number of rotatable bonds is 3. The number of carbonyl (C=O) groups is 2. The molecule has 2 heterocycles. The molecule has 6 nitrogen and oxygen atoms in total. The van der Waals surface area contributed by atoms with Crippen molar-refractivity contribution in [2.75, 3.05) is 6.54 Å². The summed E-state index contributed by atoms with van der Waals surface area (Å²) in [5, 5.41) is 2.83. The fraction of sp³-hybridized carbons (Fsp3) is 0.500. The second kappa shape index (κ2) is 4.36. The summed E-state index contributed by atoms with van der Waals surface area (Å²) >= 11 is 0. The lowest BCUT2D eigenvalue weighted by atomic mass is 10.2. The predicted molar refractivity (Wildman–Crippen MR) is 62.6 cm³/mol. The van der Waals surface area contributed by atoms with Crippen molar-refractivity contribution >= 4 is 11.8 Å². The van der Waals surface area contributed by atoms with Gasteiger partial charge in [-0.1, -0.05) is 0 Å². The summed E-state index contributed by atoms with van der Waals surface area (Å²) in [7, 11) is 0. The summed E-state index contributed by atoms with van der Waals surface area (Å²) in [5.41, 5.74) is 0.287. The van der Waals surface area contributed by atoms with Gasteiger partial charge >= 0.3 is 0 Å². The minimum atomic E-state index is -0.265. The van der Waals surface area contributed by atoms with Crippen molar-refractivity contribution in [3.8, 4) is 0 Å². The highest BCUT2D eigenvalue weighted by Gasteiger charge is 2.39. The quantitative estimate of drug-likeness (QED) is 0.812. The number of amides is 2. The van der Waals surface area contributed by atoms with Gasteiger partial charge in [0.25, 0.3) is 5.91 Å². The van der Waals surface area contributed by atoms with E-state index in [2.05, 4.69) is 15.3 Å². The first kappa shape index (κ1) is 11.1. The lowest BCUT2D eigenvalue weighted by Crippen LogP contribution is -2.38. The van der Waals surface area contributed by atoms with Crippen molar-refractivity contribution in [1.29, 1.82) is 0 Å². The van der Waals surface area contributed by atoms with Gasteiger partial charge in [-0.25, -0.2) is 4.98 Å². The first-order valence-electron chi connectivity index (χ1n) is 6.10. The third-order valence-corrected chi connectivity index (χ3v) is 3.28. The lowest BCUT2D eigenvalue weighted by molar-refractivity contribution is -0.128. The fourth-order valence-electron chi connectivity index (χ4n) is 2.24. The zero-order valence-corrected chi connectivity index (χ0v) is 9.87.